The van der Waals surface area contributed by atoms with E-state index in [1.807, 2.05) is 0 Å². The van der Waals surface area contributed by atoms with Crippen molar-refractivity contribution in [2.45, 2.75) is 103 Å². The summed E-state index contributed by atoms with van der Waals surface area (Å²) >= 11 is 4.71. The SMILES string of the molecule is CCCCCCCCCC(S)CCCCC(C)C. The molecule has 0 aromatic heterocycles. The molecule has 1 atom stereocenters. The van der Waals surface area contributed by atoms with Gasteiger partial charge in [-0.1, -0.05) is 85.0 Å². The Hall–Kier alpha value is 0.350. The predicted octanol–water partition coefficient (Wildman–Crippen LogP) is 6.64. The van der Waals surface area contributed by atoms with Crippen molar-refractivity contribution in [3.8, 4) is 0 Å². The largest absolute Gasteiger partial charge is 0.176 e. The van der Waals surface area contributed by atoms with Crippen molar-refractivity contribution in [1.82, 2.24) is 0 Å². The van der Waals surface area contributed by atoms with Gasteiger partial charge in [0.1, 0.15) is 0 Å². The fourth-order valence-corrected chi connectivity index (χ4v) is 2.78. The summed E-state index contributed by atoms with van der Waals surface area (Å²) in [6.07, 6.45) is 16.7. The minimum Gasteiger partial charge on any atom is -0.176 e. The molecule has 0 fully saturated rings. The van der Waals surface area contributed by atoms with Gasteiger partial charge in [0.15, 0.2) is 0 Å². The Labute approximate surface area is 122 Å². The molecule has 0 spiro atoms. The minimum absolute atomic E-state index is 0.660. The van der Waals surface area contributed by atoms with Crippen LogP contribution in [0, 0.1) is 5.92 Å². The van der Waals surface area contributed by atoms with Crippen LogP contribution < -0.4 is 0 Å². The molecule has 0 saturated carbocycles. The van der Waals surface area contributed by atoms with Gasteiger partial charge in [0.05, 0.1) is 0 Å². The molecular weight excluding hydrogens is 236 g/mol. The van der Waals surface area contributed by atoms with Crippen LogP contribution in [0.3, 0.4) is 0 Å². The fourth-order valence-electron chi connectivity index (χ4n) is 2.41. The van der Waals surface area contributed by atoms with Crippen LogP contribution in [0.5, 0.6) is 0 Å². The fraction of sp³-hybridized carbons (Fsp3) is 1.00. The Morgan fingerprint density at radius 1 is 0.667 bits per heavy atom. The number of rotatable bonds is 13. The molecule has 0 aromatic carbocycles. The zero-order chi connectivity index (χ0) is 13.6. The summed E-state index contributed by atoms with van der Waals surface area (Å²) in [6.45, 7) is 6.91. The first-order valence-corrected chi connectivity index (χ1v) is 8.86. The molecule has 0 aliphatic rings. The minimum atomic E-state index is 0.660. The molecule has 0 aromatic rings. The normalized spacial score (nSPS) is 13.2. The summed E-state index contributed by atoms with van der Waals surface area (Å²) in [5.74, 6) is 0.867. The van der Waals surface area contributed by atoms with Gasteiger partial charge in [-0.05, 0) is 18.8 Å². The Kier molecular flexibility index (Phi) is 14.0. The zero-order valence-electron chi connectivity index (χ0n) is 13.1. The van der Waals surface area contributed by atoms with Crippen LogP contribution in [-0.4, -0.2) is 5.25 Å². The molecule has 1 unspecified atom stereocenters. The van der Waals surface area contributed by atoms with Crippen molar-refractivity contribution >= 4 is 12.6 Å². The first kappa shape index (κ1) is 18.4. The molecule has 1 heteroatoms. The number of unbranched alkanes of at least 4 members (excludes halogenated alkanes) is 7. The van der Waals surface area contributed by atoms with Crippen molar-refractivity contribution < 1.29 is 0 Å². The molecule has 0 amide bonds. The summed E-state index contributed by atoms with van der Waals surface area (Å²) in [4.78, 5) is 0. The molecular formula is C17H36S. The van der Waals surface area contributed by atoms with Crippen molar-refractivity contribution in [1.29, 1.82) is 0 Å². The quantitative estimate of drug-likeness (QED) is 0.282. The highest BCUT2D eigenvalue weighted by Gasteiger charge is 2.03. The van der Waals surface area contributed by atoms with Gasteiger partial charge in [-0.25, -0.2) is 0 Å². The van der Waals surface area contributed by atoms with Gasteiger partial charge in [-0.3, -0.25) is 0 Å². The summed E-state index contributed by atoms with van der Waals surface area (Å²) < 4.78 is 0. The Bertz CT molecular complexity index is 154. The molecule has 0 radical (unpaired) electrons. The van der Waals surface area contributed by atoms with Gasteiger partial charge in [0, 0.05) is 5.25 Å². The monoisotopic (exact) mass is 272 g/mol. The van der Waals surface area contributed by atoms with E-state index in [4.69, 9.17) is 12.6 Å². The molecule has 110 valence electrons. The van der Waals surface area contributed by atoms with Crippen LogP contribution >= 0.6 is 12.6 Å². The van der Waals surface area contributed by atoms with Gasteiger partial charge in [0.25, 0.3) is 0 Å². The number of thiol groups is 1. The van der Waals surface area contributed by atoms with Crippen molar-refractivity contribution in [2.75, 3.05) is 0 Å². The van der Waals surface area contributed by atoms with Gasteiger partial charge in [-0.2, -0.15) is 12.6 Å². The molecule has 0 heterocycles. The third kappa shape index (κ3) is 14.4. The molecule has 0 aliphatic carbocycles. The number of hydrogen-bond acceptors (Lipinski definition) is 1. The summed E-state index contributed by atoms with van der Waals surface area (Å²) in [5, 5.41) is 0.660. The lowest BCUT2D eigenvalue weighted by Gasteiger charge is -2.11. The highest BCUT2D eigenvalue weighted by molar-refractivity contribution is 7.80. The van der Waals surface area contributed by atoms with Crippen LogP contribution in [0.2, 0.25) is 0 Å². The maximum Gasteiger partial charge on any atom is 0.00168 e. The van der Waals surface area contributed by atoms with E-state index in [1.54, 1.807) is 0 Å². The average Bonchev–Trinajstić information content (AvgIpc) is 2.33. The van der Waals surface area contributed by atoms with E-state index in [2.05, 4.69) is 20.8 Å². The van der Waals surface area contributed by atoms with Crippen LogP contribution in [0.1, 0.15) is 97.8 Å². The highest BCUT2D eigenvalue weighted by Crippen LogP contribution is 2.18. The van der Waals surface area contributed by atoms with E-state index in [0.717, 1.165) is 5.92 Å². The molecule has 0 bridgehead atoms. The van der Waals surface area contributed by atoms with Crippen molar-refractivity contribution in [2.24, 2.45) is 5.92 Å². The van der Waals surface area contributed by atoms with Gasteiger partial charge >= 0.3 is 0 Å². The summed E-state index contributed by atoms with van der Waals surface area (Å²) in [6, 6.07) is 0. The summed E-state index contributed by atoms with van der Waals surface area (Å²) in [5.41, 5.74) is 0. The smallest absolute Gasteiger partial charge is 0.00168 e. The molecule has 0 saturated heterocycles. The first-order chi connectivity index (χ1) is 8.66. The third-order valence-electron chi connectivity index (χ3n) is 3.71. The lowest BCUT2D eigenvalue weighted by molar-refractivity contribution is 0.509. The van der Waals surface area contributed by atoms with Crippen LogP contribution in [0.15, 0.2) is 0 Å². The van der Waals surface area contributed by atoms with E-state index in [9.17, 15) is 0 Å². The van der Waals surface area contributed by atoms with Crippen molar-refractivity contribution in [3.05, 3.63) is 0 Å². The number of hydrogen-bond donors (Lipinski definition) is 1. The zero-order valence-corrected chi connectivity index (χ0v) is 14.0. The van der Waals surface area contributed by atoms with E-state index in [-0.39, 0.29) is 0 Å². The molecule has 0 nitrogen and oxygen atoms in total. The Morgan fingerprint density at radius 2 is 1.11 bits per heavy atom. The maximum atomic E-state index is 4.71. The van der Waals surface area contributed by atoms with E-state index in [1.165, 1.54) is 77.0 Å². The van der Waals surface area contributed by atoms with Gasteiger partial charge in [-0.15, -0.1) is 0 Å². The van der Waals surface area contributed by atoms with Crippen LogP contribution in [0.4, 0.5) is 0 Å². The molecule has 0 aliphatic heterocycles. The molecule has 0 N–H and O–H groups in total. The average molecular weight is 273 g/mol. The second-order valence-corrected chi connectivity index (χ2v) is 6.97. The predicted molar refractivity (Wildman–Crippen MR) is 88.7 cm³/mol. The second kappa shape index (κ2) is 13.8. The van der Waals surface area contributed by atoms with Crippen LogP contribution in [-0.2, 0) is 0 Å². The second-order valence-electron chi connectivity index (χ2n) is 6.24. The Balaban J connectivity index is 3.14. The Morgan fingerprint density at radius 3 is 1.67 bits per heavy atom. The highest BCUT2D eigenvalue weighted by atomic mass is 32.1. The lowest BCUT2D eigenvalue weighted by atomic mass is 10.0. The van der Waals surface area contributed by atoms with E-state index < -0.39 is 0 Å². The van der Waals surface area contributed by atoms with E-state index >= 15 is 0 Å². The lowest BCUT2D eigenvalue weighted by Crippen LogP contribution is -1.99. The molecule has 18 heavy (non-hydrogen) atoms. The maximum absolute atomic E-state index is 4.71. The van der Waals surface area contributed by atoms with Crippen LogP contribution in [0.25, 0.3) is 0 Å². The third-order valence-corrected chi connectivity index (χ3v) is 4.23. The topological polar surface area (TPSA) is 0 Å². The first-order valence-electron chi connectivity index (χ1n) is 8.34. The van der Waals surface area contributed by atoms with Gasteiger partial charge < -0.3 is 0 Å². The standard InChI is InChI=1S/C17H36S/c1-4-5-6-7-8-9-10-14-17(18)15-12-11-13-16(2)3/h16-18H,4-15H2,1-3H3. The summed E-state index contributed by atoms with van der Waals surface area (Å²) in [7, 11) is 0. The van der Waals surface area contributed by atoms with Crippen molar-refractivity contribution in [3.63, 3.8) is 0 Å². The molecule has 0 rings (SSSR count). The van der Waals surface area contributed by atoms with E-state index in [0.29, 0.717) is 5.25 Å². The van der Waals surface area contributed by atoms with Gasteiger partial charge in [0.2, 0.25) is 0 Å².